The van der Waals surface area contributed by atoms with E-state index in [-0.39, 0.29) is 12.4 Å². The highest BCUT2D eigenvalue weighted by molar-refractivity contribution is 5.77. The summed E-state index contributed by atoms with van der Waals surface area (Å²) in [6, 6.07) is -0.816. The smallest absolute Gasteiger partial charge is 0.313 e. The standard InChI is InChI=1S/C13H20N2O4/c1-7-10(17)9(8(6-16)5-15-7)11(14)13(2,3)12(18)19-4/h5,11,16-17H,6,14H2,1-4H3/t11-/m0/s1. The van der Waals surface area contributed by atoms with Gasteiger partial charge in [-0.3, -0.25) is 9.78 Å². The molecule has 1 rings (SSSR count). The van der Waals surface area contributed by atoms with Crippen molar-refractivity contribution < 1.29 is 19.7 Å². The first-order chi connectivity index (χ1) is 8.77. The van der Waals surface area contributed by atoms with Gasteiger partial charge in [0, 0.05) is 23.4 Å². The van der Waals surface area contributed by atoms with Crippen molar-refractivity contribution in [1.82, 2.24) is 4.98 Å². The number of methoxy groups -OCH3 is 1. The van der Waals surface area contributed by atoms with E-state index in [9.17, 15) is 15.0 Å². The van der Waals surface area contributed by atoms with Gasteiger partial charge in [-0.2, -0.15) is 0 Å². The van der Waals surface area contributed by atoms with Crippen molar-refractivity contribution in [3.63, 3.8) is 0 Å². The molecule has 4 N–H and O–H groups in total. The molecule has 0 fully saturated rings. The van der Waals surface area contributed by atoms with E-state index in [0.717, 1.165) is 0 Å². The molecule has 0 aromatic carbocycles. The minimum Gasteiger partial charge on any atom is -0.506 e. The lowest BCUT2D eigenvalue weighted by Gasteiger charge is -2.30. The fourth-order valence-electron chi connectivity index (χ4n) is 1.88. The predicted octanol–water partition coefficient (Wildman–Crippen LogP) is 0.787. The van der Waals surface area contributed by atoms with Crippen LogP contribution in [0.5, 0.6) is 5.75 Å². The molecule has 106 valence electrons. The summed E-state index contributed by atoms with van der Waals surface area (Å²) >= 11 is 0. The van der Waals surface area contributed by atoms with Crippen molar-refractivity contribution >= 4 is 5.97 Å². The van der Waals surface area contributed by atoms with Gasteiger partial charge in [0.2, 0.25) is 0 Å². The number of nitrogens with zero attached hydrogens (tertiary/aromatic N) is 1. The first-order valence-electron chi connectivity index (χ1n) is 5.89. The van der Waals surface area contributed by atoms with Crippen LogP contribution < -0.4 is 5.73 Å². The fraction of sp³-hybridized carbons (Fsp3) is 0.538. The Labute approximate surface area is 112 Å². The maximum Gasteiger partial charge on any atom is 0.313 e. The molecule has 19 heavy (non-hydrogen) atoms. The maximum atomic E-state index is 11.8. The second-order valence-corrected chi connectivity index (χ2v) is 4.98. The normalized spacial score (nSPS) is 13.2. The molecule has 0 unspecified atom stereocenters. The fourth-order valence-corrected chi connectivity index (χ4v) is 1.88. The highest BCUT2D eigenvalue weighted by Crippen LogP contribution is 2.39. The molecule has 0 aliphatic rings. The van der Waals surface area contributed by atoms with Crippen LogP contribution in [-0.2, 0) is 16.1 Å². The summed E-state index contributed by atoms with van der Waals surface area (Å²) in [6.07, 6.45) is 1.44. The van der Waals surface area contributed by atoms with Crippen LogP contribution in [0.1, 0.15) is 36.7 Å². The number of hydrogen-bond acceptors (Lipinski definition) is 6. The van der Waals surface area contributed by atoms with Crippen molar-refractivity contribution in [3.05, 3.63) is 23.0 Å². The van der Waals surface area contributed by atoms with E-state index < -0.39 is 17.4 Å². The van der Waals surface area contributed by atoms with Crippen molar-refractivity contribution in [1.29, 1.82) is 0 Å². The van der Waals surface area contributed by atoms with Gasteiger partial charge in [-0.1, -0.05) is 0 Å². The van der Waals surface area contributed by atoms with Gasteiger partial charge in [0.15, 0.2) is 0 Å². The topological polar surface area (TPSA) is 106 Å². The number of aryl methyl sites for hydroxylation is 1. The van der Waals surface area contributed by atoms with Crippen molar-refractivity contribution in [2.24, 2.45) is 11.1 Å². The highest BCUT2D eigenvalue weighted by Gasteiger charge is 2.39. The third-order valence-corrected chi connectivity index (χ3v) is 3.33. The zero-order valence-corrected chi connectivity index (χ0v) is 11.6. The van der Waals surface area contributed by atoms with Crippen LogP contribution in [0.25, 0.3) is 0 Å². The quantitative estimate of drug-likeness (QED) is 0.697. The highest BCUT2D eigenvalue weighted by atomic mass is 16.5. The van der Waals surface area contributed by atoms with Crippen molar-refractivity contribution in [2.45, 2.75) is 33.4 Å². The molecule has 0 amide bonds. The Hall–Kier alpha value is -1.66. The van der Waals surface area contributed by atoms with Crippen LogP contribution in [0, 0.1) is 12.3 Å². The Bertz CT molecular complexity index is 486. The van der Waals surface area contributed by atoms with E-state index in [1.165, 1.54) is 13.3 Å². The number of carbonyl (C=O) groups is 1. The van der Waals surface area contributed by atoms with Gasteiger partial charge in [-0.25, -0.2) is 0 Å². The van der Waals surface area contributed by atoms with Gasteiger partial charge in [0.05, 0.1) is 24.8 Å². The Morgan fingerprint density at radius 1 is 1.58 bits per heavy atom. The number of nitrogens with two attached hydrogens (primary N) is 1. The molecule has 0 aliphatic carbocycles. The second-order valence-electron chi connectivity index (χ2n) is 4.98. The van der Waals surface area contributed by atoms with Gasteiger partial charge in [0.1, 0.15) is 5.75 Å². The molecule has 6 nitrogen and oxygen atoms in total. The molecule has 0 saturated heterocycles. The number of aromatic hydroxyl groups is 1. The van der Waals surface area contributed by atoms with Crippen LogP contribution in [0.15, 0.2) is 6.20 Å². The molecular formula is C13H20N2O4. The summed E-state index contributed by atoms with van der Waals surface area (Å²) < 4.78 is 4.72. The lowest BCUT2D eigenvalue weighted by atomic mass is 9.79. The molecule has 0 saturated carbocycles. The van der Waals surface area contributed by atoms with Crippen molar-refractivity contribution in [3.8, 4) is 5.75 Å². The van der Waals surface area contributed by atoms with Gasteiger partial charge in [-0.05, 0) is 20.8 Å². The number of hydrogen-bond donors (Lipinski definition) is 3. The first-order valence-corrected chi connectivity index (χ1v) is 5.89. The number of aliphatic hydroxyl groups is 1. The summed E-state index contributed by atoms with van der Waals surface area (Å²) in [6.45, 7) is 4.55. The molecule has 1 atom stereocenters. The number of esters is 1. The Kier molecular flexibility index (Phi) is 4.49. The van der Waals surface area contributed by atoms with E-state index >= 15 is 0 Å². The lowest BCUT2D eigenvalue weighted by Crippen LogP contribution is -2.38. The van der Waals surface area contributed by atoms with E-state index in [1.54, 1.807) is 20.8 Å². The lowest BCUT2D eigenvalue weighted by molar-refractivity contribution is -0.152. The molecule has 1 aromatic heterocycles. The van der Waals surface area contributed by atoms with Gasteiger partial charge in [0.25, 0.3) is 0 Å². The number of pyridine rings is 1. The Morgan fingerprint density at radius 3 is 2.63 bits per heavy atom. The van der Waals surface area contributed by atoms with Gasteiger partial charge >= 0.3 is 5.97 Å². The summed E-state index contributed by atoms with van der Waals surface area (Å²) in [4.78, 5) is 15.7. The second kappa shape index (κ2) is 5.54. The summed E-state index contributed by atoms with van der Waals surface area (Å²) in [5.74, 6) is -0.589. The molecule has 0 spiro atoms. The van der Waals surface area contributed by atoms with Crippen molar-refractivity contribution in [2.75, 3.05) is 7.11 Å². The average molecular weight is 268 g/mol. The number of aromatic nitrogens is 1. The van der Waals surface area contributed by atoms with E-state index in [4.69, 9.17) is 10.5 Å². The third kappa shape index (κ3) is 2.69. The summed E-state index contributed by atoms with van der Waals surface area (Å²) in [5.41, 5.74) is 6.17. The third-order valence-electron chi connectivity index (χ3n) is 3.33. The number of carbonyl (C=O) groups excluding carboxylic acids is 1. The largest absolute Gasteiger partial charge is 0.506 e. The maximum absolute atomic E-state index is 11.8. The monoisotopic (exact) mass is 268 g/mol. The van der Waals surface area contributed by atoms with Gasteiger partial charge < -0.3 is 20.7 Å². The summed E-state index contributed by atoms with van der Waals surface area (Å²) in [5, 5.41) is 19.4. The SMILES string of the molecule is COC(=O)C(C)(C)[C@@H](N)c1c(CO)cnc(C)c1O. The van der Waals surface area contributed by atoms with Crippen LogP contribution in [0.3, 0.4) is 0 Å². The number of ether oxygens (including phenoxy) is 1. The minimum absolute atomic E-state index is 0.101. The number of rotatable bonds is 4. The summed E-state index contributed by atoms with van der Waals surface area (Å²) in [7, 11) is 1.28. The molecule has 6 heteroatoms. The molecule has 0 bridgehead atoms. The van der Waals surface area contributed by atoms with E-state index in [1.807, 2.05) is 0 Å². The predicted molar refractivity (Wildman–Crippen MR) is 69.3 cm³/mol. The first kappa shape index (κ1) is 15.4. The van der Waals surface area contributed by atoms with E-state index in [2.05, 4.69) is 4.98 Å². The molecule has 0 radical (unpaired) electrons. The Balaban J connectivity index is 3.37. The minimum atomic E-state index is -1.04. The van der Waals surface area contributed by atoms with Crippen LogP contribution >= 0.6 is 0 Å². The zero-order chi connectivity index (χ0) is 14.8. The van der Waals surface area contributed by atoms with Crippen LogP contribution in [0.2, 0.25) is 0 Å². The van der Waals surface area contributed by atoms with Crippen LogP contribution in [0.4, 0.5) is 0 Å². The molecular weight excluding hydrogens is 248 g/mol. The average Bonchev–Trinajstić information content (AvgIpc) is 2.39. The molecule has 1 heterocycles. The van der Waals surface area contributed by atoms with E-state index in [0.29, 0.717) is 16.8 Å². The molecule has 1 aromatic rings. The zero-order valence-electron chi connectivity index (χ0n) is 11.6. The number of aliphatic hydroxyl groups excluding tert-OH is 1. The van der Waals surface area contributed by atoms with Gasteiger partial charge in [-0.15, -0.1) is 0 Å². The van der Waals surface area contributed by atoms with Crippen LogP contribution in [-0.4, -0.2) is 28.3 Å². The molecule has 0 aliphatic heterocycles. The Morgan fingerprint density at radius 2 is 2.16 bits per heavy atom.